The maximum absolute atomic E-state index is 5.45. The molecule has 3 heteroatoms. The molecular formula is C18H22BrNO. The van der Waals surface area contributed by atoms with E-state index in [9.17, 15) is 0 Å². The zero-order chi connectivity index (χ0) is 15.4. The smallest absolute Gasteiger partial charge is 0.143 e. The van der Waals surface area contributed by atoms with Gasteiger partial charge in [-0.25, -0.2) is 0 Å². The molecule has 2 aromatic rings. The van der Waals surface area contributed by atoms with Crippen molar-refractivity contribution in [3.8, 4) is 5.75 Å². The molecule has 2 aromatic carbocycles. The standard InChI is InChI=1S/C18H22BrNO/c1-12(2)15-7-5-14(6-8-15)11-20-18-13(3)9-16(19)10-17(18)21-4/h5-10,12,20H,11H2,1-4H3. The van der Waals surface area contributed by atoms with E-state index in [0.717, 1.165) is 22.5 Å². The second kappa shape index (κ2) is 6.99. The van der Waals surface area contributed by atoms with Gasteiger partial charge >= 0.3 is 0 Å². The summed E-state index contributed by atoms with van der Waals surface area (Å²) in [4.78, 5) is 0. The fourth-order valence-corrected chi connectivity index (χ4v) is 2.86. The molecule has 0 radical (unpaired) electrons. The van der Waals surface area contributed by atoms with Gasteiger partial charge < -0.3 is 10.1 Å². The van der Waals surface area contributed by atoms with E-state index >= 15 is 0 Å². The SMILES string of the molecule is COc1cc(Br)cc(C)c1NCc1ccc(C(C)C)cc1. The fourth-order valence-electron chi connectivity index (χ4n) is 2.31. The lowest BCUT2D eigenvalue weighted by Crippen LogP contribution is -2.03. The lowest BCUT2D eigenvalue weighted by Gasteiger charge is -2.15. The molecule has 0 unspecified atom stereocenters. The quantitative estimate of drug-likeness (QED) is 0.770. The summed E-state index contributed by atoms with van der Waals surface area (Å²) in [7, 11) is 1.70. The molecule has 0 amide bonds. The van der Waals surface area contributed by atoms with Crippen molar-refractivity contribution in [2.24, 2.45) is 0 Å². The monoisotopic (exact) mass is 347 g/mol. The summed E-state index contributed by atoms with van der Waals surface area (Å²) in [6.45, 7) is 7.29. The third kappa shape index (κ3) is 4.01. The highest BCUT2D eigenvalue weighted by atomic mass is 79.9. The minimum Gasteiger partial charge on any atom is -0.495 e. The lowest BCUT2D eigenvalue weighted by molar-refractivity contribution is 0.416. The van der Waals surface area contributed by atoms with Gasteiger partial charge in [0.25, 0.3) is 0 Å². The Hall–Kier alpha value is -1.48. The summed E-state index contributed by atoms with van der Waals surface area (Å²) in [6.07, 6.45) is 0. The van der Waals surface area contributed by atoms with Crippen LogP contribution < -0.4 is 10.1 Å². The Balaban J connectivity index is 2.13. The Bertz CT molecular complexity index is 605. The number of aryl methyl sites for hydroxylation is 1. The zero-order valence-electron chi connectivity index (χ0n) is 13.0. The fraction of sp³-hybridized carbons (Fsp3) is 0.333. The van der Waals surface area contributed by atoms with Gasteiger partial charge in [-0.05, 0) is 41.7 Å². The van der Waals surface area contributed by atoms with Crippen molar-refractivity contribution in [2.45, 2.75) is 33.2 Å². The molecule has 112 valence electrons. The molecular weight excluding hydrogens is 326 g/mol. The van der Waals surface area contributed by atoms with E-state index < -0.39 is 0 Å². The predicted octanol–water partition coefficient (Wildman–Crippen LogP) is 5.50. The summed E-state index contributed by atoms with van der Waals surface area (Å²) >= 11 is 3.50. The van der Waals surface area contributed by atoms with Crippen LogP contribution in [-0.2, 0) is 6.54 Å². The molecule has 1 N–H and O–H groups in total. The summed E-state index contributed by atoms with van der Waals surface area (Å²) in [6, 6.07) is 12.8. The highest BCUT2D eigenvalue weighted by molar-refractivity contribution is 9.10. The highest BCUT2D eigenvalue weighted by Crippen LogP contribution is 2.32. The van der Waals surface area contributed by atoms with Crippen molar-refractivity contribution in [3.63, 3.8) is 0 Å². The van der Waals surface area contributed by atoms with Gasteiger partial charge in [-0.15, -0.1) is 0 Å². The average Bonchev–Trinajstić information content (AvgIpc) is 2.46. The minimum absolute atomic E-state index is 0.570. The van der Waals surface area contributed by atoms with Gasteiger partial charge in [0.2, 0.25) is 0 Å². The van der Waals surface area contributed by atoms with Crippen LogP contribution in [-0.4, -0.2) is 7.11 Å². The van der Waals surface area contributed by atoms with Crippen LogP contribution in [0.3, 0.4) is 0 Å². The largest absolute Gasteiger partial charge is 0.495 e. The molecule has 0 heterocycles. The number of hydrogen-bond acceptors (Lipinski definition) is 2. The average molecular weight is 348 g/mol. The molecule has 0 fully saturated rings. The second-order valence-corrected chi connectivity index (χ2v) is 6.47. The molecule has 0 saturated carbocycles. The van der Waals surface area contributed by atoms with Crippen molar-refractivity contribution >= 4 is 21.6 Å². The second-order valence-electron chi connectivity index (χ2n) is 5.55. The molecule has 0 atom stereocenters. The number of anilines is 1. The van der Waals surface area contributed by atoms with Crippen LogP contribution in [0.4, 0.5) is 5.69 Å². The molecule has 0 bridgehead atoms. The Morgan fingerprint density at radius 3 is 2.38 bits per heavy atom. The first-order chi connectivity index (χ1) is 10.0. The van der Waals surface area contributed by atoms with Crippen LogP contribution in [0.2, 0.25) is 0 Å². The zero-order valence-corrected chi connectivity index (χ0v) is 14.6. The van der Waals surface area contributed by atoms with Gasteiger partial charge in [0.1, 0.15) is 5.75 Å². The van der Waals surface area contributed by atoms with E-state index in [1.165, 1.54) is 16.7 Å². The Kier molecular flexibility index (Phi) is 5.29. The van der Waals surface area contributed by atoms with E-state index in [2.05, 4.69) is 72.3 Å². The molecule has 0 aliphatic carbocycles. The van der Waals surface area contributed by atoms with Crippen molar-refractivity contribution in [3.05, 3.63) is 57.6 Å². The van der Waals surface area contributed by atoms with Gasteiger partial charge in [-0.2, -0.15) is 0 Å². The Morgan fingerprint density at radius 1 is 1.14 bits per heavy atom. The first-order valence-corrected chi connectivity index (χ1v) is 7.97. The van der Waals surface area contributed by atoms with E-state index in [4.69, 9.17) is 4.74 Å². The van der Waals surface area contributed by atoms with Crippen molar-refractivity contribution in [1.82, 2.24) is 0 Å². The normalized spacial score (nSPS) is 10.8. The van der Waals surface area contributed by atoms with Crippen LogP contribution in [0.25, 0.3) is 0 Å². The van der Waals surface area contributed by atoms with E-state index in [0.29, 0.717) is 5.92 Å². The number of nitrogens with one attached hydrogen (secondary N) is 1. The van der Waals surface area contributed by atoms with Gasteiger partial charge in [0.15, 0.2) is 0 Å². The molecule has 0 aromatic heterocycles. The van der Waals surface area contributed by atoms with E-state index in [1.807, 2.05) is 6.07 Å². The Labute approximate surface area is 135 Å². The third-order valence-corrected chi connectivity index (χ3v) is 4.06. The van der Waals surface area contributed by atoms with Crippen LogP contribution in [0.1, 0.15) is 36.5 Å². The van der Waals surface area contributed by atoms with Gasteiger partial charge in [0.05, 0.1) is 12.8 Å². The summed E-state index contributed by atoms with van der Waals surface area (Å²) < 4.78 is 6.48. The third-order valence-electron chi connectivity index (χ3n) is 3.60. The molecule has 0 aliphatic heterocycles. The lowest BCUT2D eigenvalue weighted by atomic mass is 10.0. The number of hydrogen-bond donors (Lipinski definition) is 1. The maximum Gasteiger partial charge on any atom is 0.143 e. The van der Waals surface area contributed by atoms with Gasteiger partial charge in [0, 0.05) is 11.0 Å². The maximum atomic E-state index is 5.45. The number of methoxy groups -OCH3 is 1. The van der Waals surface area contributed by atoms with Crippen LogP contribution in [0, 0.1) is 6.92 Å². The van der Waals surface area contributed by atoms with Crippen molar-refractivity contribution in [1.29, 1.82) is 0 Å². The molecule has 2 rings (SSSR count). The van der Waals surface area contributed by atoms with Crippen molar-refractivity contribution < 1.29 is 4.74 Å². The molecule has 2 nitrogen and oxygen atoms in total. The van der Waals surface area contributed by atoms with Crippen LogP contribution >= 0.6 is 15.9 Å². The number of benzene rings is 2. The molecule has 0 aliphatic rings. The topological polar surface area (TPSA) is 21.3 Å². The molecule has 21 heavy (non-hydrogen) atoms. The van der Waals surface area contributed by atoms with E-state index in [-0.39, 0.29) is 0 Å². The number of halogens is 1. The minimum atomic E-state index is 0.570. The highest BCUT2D eigenvalue weighted by Gasteiger charge is 2.08. The summed E-state index contributed by atoms with van der Waals surface area (Å²) in [5, 5.41) is 3.48. The van der Waals surface area contributed by atoms with E-state index in [1.54, 1.807) is 7.11 Å². The predicted molar refractivity (Wildman–Crippen MR) is 93.3 cm³/mol. The van der Waals surface area contributed by atoms with Crippen molar-refractivity contribution in [2.75, 3.05) is 12.4 Å². The van der Waals surface area contributed by atoms with Crippen LogP contribution in [0.15, 0.2) is 40.9 Å². The molecule has 0 spiro atoms. The number of ether oxygens (including phenoxy) is 1. The summed E-state index contributed by atoms with van der Waals surface area (Å²) in [5.41, 5.74) is 4.86. The number of rotatable bonds is 5. The van der Waals surface area contributed by atoms with Crippen LogP contribution in [0.5, 0.6) is 5.75 Å². The Morgan fingerprint density at radius 2 is 1.81 bits per heavy atom. The van der Waals surface area contributed by atoms with Gasteiger partial charge in [-0.1, -0.05) is 54.0 Å². The molecule has 0 saturated heterocycles. The summed E-state index contributed by atoms with van der Waals surface area (Å²) in [5.74, 6) is 1.43. The first-order valence-electron chi connectivity index (χ1n) is 7.18. The first kappa shape index (κ1) is 15.9. The van der Waals surface area contributed by atoms with Gasteiger partial charge in [-0.3, -0.25) is 0 Å².